The maximum absolute atomic E-state index is 6.82. The summed E-state index contributed by atoms with van der Waals surface area (Å²) in [6.07, 6.45) is 14.7. The fraction of sp³-hybridized carbons (Fsp3) is 1.00. The quantitative estimate of drug-likeness (QED) is 0.479. The van der Waals surface area contributed by atoms with E-state index in [2.05, 4.69) is 13.8 Å². The lowest BCUT2D eigenvalue weighted by Gasteiger charge is -2.60. The predicted molar refractivity (Wildman–Crippen MR) is 86.0 cm³/mol. The summed E-state index contributed by atoms with van der Waals surface area (Å²) in [6, 6.07) is 0. The van der Waals surface area contributed by atoms with E-state index in [1.807, 2.05) is 0 Å². The van der Waals surface area contributed by atoms with Crippen LogP contribution in [0.25, 0.3) is 0 Å². The second kappa shape index (κ2) is 4.64. The van der Waals surface area contributed by atoms with Crippen molar-refractivity contribution in [2.75, 3.05) is 0 Å². The zero-order valence-electron chi connectivity index (χ0n) is 13.3. The van der Waals surface area contributed by atoms with E-state index in [1.165, 1.54) is 64.2 Å². The second-order valence-corrected chi connectivity index (χ2v) is 9.63. The highest BCUT2D eigenvalue weighted by Crippen LogP contribution is 2.66. The molecule has 0 aromatic carbocycles. The molecule has 7 atom stereocenters. The molecule has 114 valence electrons. The number of halogens is 1. The van der Waals surface area contributed by atoms with Gasteiger partial charge < -0.3 is 0 Å². The third-order valence-corrected chi connectivity index (χ3v) is 8.83. The van der Waals surface area contributed by atoms with Crippen LogP contribution in [-0.2, 0) is 0 Å². The van der Waals surface area contributed by atoms with Gasteiger partial charge >= 0.3 is 0 Å². The van der Waals surface area contributed by atoms with Crippen molar-refractivity contribution in [3.8, 4) is 0 Å². The molecule has 20 heavy (non-hydrogen) atoms. The molecule has 4 fully saturated rings. The zero-order valence-corrected chi connectivity index (χ0v) is 14.1. The molecule has 0 aliphatic heterocycles. The average Bonchev–Trinajstić information content (AvgIpc) is 2.74. The molecular weight excluding hydrogens is 264 g/mol. The molecule has 1 unspecified atom stereocenters. The van der Waals surface area contributed by atoms with Crippen LogP contribution in [0.15, 0.2) is 0 Å². The van der Waals surface area contributed by atoms with Crippen molar-refractivity contribution in [3.05, 3.63) is 0 Å². The molecule has 4 saturated carbocycles. The van der Waals surface area contributed by atoms with Crippen LogP contribution in [0.3, 0.4) is 0 Å². The van der Waals surface area contributed by atoms with Gasteiger partial charge in [0.05, 0.1) is 0 Å². The predicted octanol–water partition coefficient (Wildman–Crippen LogP) is 6.03. The Balaban J connectivity index is 1.66. The Labute approximate surface area is 130 Å². The van der Waals surface area contributed by atoms with Gasteiger partial charge in [-0.1, -0.05) is 26.7 Å². The van der Waals surface area contributed by atoms with Crippen LogP contribution in [-0.4, -0.2) is 5.38 Å². The van der Waals surface area contributed by atoms with Crippen LogP contribution in [0.5, 0.6) is 0 Å². The van der Waals surface area contributed by atoms with Crippen molar-refractivity contribution in [2.24, 2.45) is 34.5 Å². The lowest BCUT2D eigenvalue weighted by molar-refractivity contribution is -0.102. The third-order valence-electron chi connectivity index (χ3n) is 8.34. The Bertz CT molecular complexity index is 391. The lowest BCUT2D eigenvalue weighted by Crippen LogP contribution is -2.53. The van der Waals surface area contributed by atoms with Crippen molar-refractivity contribution in [3.63, 3.8) is 0 Å². The Hall–Kier alpha value is 0.290. The molecule has 0 N–H and O–H groups in total. The van der Waals surface area contributed by atoms with Crippen LogP contribution in [0.4, 0.5) is 0 Å². The largest absolute Gasteiger partial charge is 0.123 e. The molecule has 0 amide bonds. The fourth-order valence-electron chi connectivity index (χ4n) is 7.26. The molecule has 1 heteroatoms. The van der Waals surface area contributed by atoms with Crippen LogP contribution in [0, 0.1) is 34.5 Å². The molecule has 0 spiro atoms. The molecular formula is C19H31Cl. The van der Waals surface area contributed by atoms with E-state index in [1.54, 1.807) is 0 Å². The van der Waals surface area contributed by atoms with Gasteiger partial charge in [-0.05, 0) is 85.9 Å². The summed E-state index contributed by atoms with van der Waals surface area (Å²) < 4.78 is 0. The zero-order chi connectivity index (χ0) is 14.0. The van der Waals surface area contributed by atoms with E-state index >= 15 is 0 Å². The van der Waals surface area contributed by atoms with E-state index < -0.39 is 0 Å². The summed E-state index contributed by atoms with van der Waals surface area (Å²) in [7, 11) is 0. The molecule has 0 aromatic rings. The van der Waals surface area contributed by atoms with Crippen molar-refractivity contribution < 1.29 is 0 Å². The van der Waals surface area contributed by atoms with Crippen molar-refractivity contribution >= 4 is 11.6 Å². The summed E-state index contributed by atoms with van der Waals surface area (Å²) in [5.41, 5.74) is 1.26. The van der Waals surface area contributed by atoms with Gasteiger partial charge in [-0.15, -0.1) is 11.6 Å². The monoisotopic (exact) mass is 294 g/mol. The molecule has 0 bridgehead atoms. The minimum atomic E-state index is 0.483. The first-order chi connectivity index (χ1) is 9.55. The summed E-state index contributed by atoms with van der Waals surface area (Å²) in [5, 5.41) is 0.483. The van der Waals surface area contributed by atoms with Gasteiger partial charge in [0.25, 0.3) is 0 Å². The highest BCUT2D eigenvalue weighted by Gasteiger charge is 2.59. The van der Waals surface area contributed by atoms with Crippen molar-refractivity contribution in [1.82, 2.24) is 0 Å². The number of hydrogen-bond donors (Lipinski definition) is 0. The van der Waals surface area contributed by atoms with Crippen LogP contribution >= 0.6 is 11.6 Å². The molecule has 4 rings (SSSR count). The van der Waals surface area contributed by atoms with E-state index in [9.17, 15) is 0 Å². The Morgan fingerprint density at radius 3 is 2.50 bits per heavy atom. The lowest BCUT2D eigenvalue weighted by atomic mass is 9.45. The Morgan fingerprint density at radius 2 is 1.65 bits per heavy atom. The highest BCUT2D eigenvalue weighted by molar-refractivity contribution is 6.21. The van der Waals surface area contributed by atoms with Gasteiger partial charge in [-0.25, -0.2) is 0 Å². The molecule has 4 aliphatic rings. The molecule has 4 aliphatic carbocycles. The smallest absolute Gasteiger partial charge is 0.0372 e. The molecule has 0 radical (unpaired) electrons. The van der Waals surface area contributed by atoms with E-state index in [0.717, 1.165) is 23.7 Å². The fourth-order valence-corrected chi connectivity index (χ4v) is 7.86. The molecule has 0 saturated heterocycles. The van der Waals surface area contributed by atoms with Gasteiger partial charge in [0.1, 0.15) is 0 Å². The van der Waals surface area contributed by atoms with Gasteiger partial charge in [-0.2, -0.15) is 0 Å². The third kappa shape index (κ3) is 1.79. The SMILES string of the molecule is C[C@@]12CCC(Cl)[C@H]1[C@@H]1CC[C@H]3CCCC[C@]3(C)[C@H]1CC2. The van der Waals surface area contributed by atoms with Gasteiger partial charge in [0.15, 0.2) is 0 Å². The van der Waals surface area contributed by atoms with Crippen LogP contribution < -0.4 is 0 Å². The second-order valence-electron chi connectivity index (χ2n) is 9.07. The summed E-state index contributed by atoms with van der Waals surface area (Å²) in [6.45, 7) is 5.22. The first-order valence-electron chi connectivity index (χ1n) is 9.19. The highest BCUT2D eigenvalue weighted by atomic mass is 35.5. The molecule has 0 aromatic heterocycles. The summed E-state index contributed by atoms with van der Waals surface area (Å²) >= 11 is 6.82. The standard InChI is InChI=1S/C19H31Cl/c1-18-11-8-15-14(17(18)16(20)9-12-18)7-6-13-5-3-4-10-19(13,15)2/h13-17H,3-12H2,1-2H3/t13-,14-,15+,16?,17-,18-,19+/m1/s1. The minimum Gasteiger partial charge on any atom is -0.123 e. The molecule has 0 heterocycles. The maximum Gasteiger partial charge on any atom is 0.0372 e. The van der Waals surface area contributed by atoms with Gasteiger partial charge in [0.2, 0.25) is 0 Å². The first kappa shape index (κ1) is 13.9. The number of hydrogen-bond acceptors (Lipinski definition) is 0. The number of rotatable bonds is 0. The van der Waals surface area contributed by atoms with Gasteiger partial charge in [-0.3, -0.25) is 0 Å². The first-order valence-corrected chi connectivity index (χ1v) is 9.62. The average molecular weight is 295 g/mol. The normalized spacial score (nSPS) is 58.6. The van der Waals surface area contributed by atoms with E-state index in [4.69, 9.17) is 11.6 Å². The van der Waals surface area contributed by atoms with Gasteiger partial charge in [0, 0.05) is 5.38 Å². The van der Waals surface area contributed by atoms with Crippen LogP contribution in [0.2, 0.25) is 0 Å². The summed E-state index contributed by atoms with van der Waals surface area (Å²) in [5.74, 6) is 3.83. The van der Waals surface area contributed by atoms with Crippen molar-refractivity contribution in [1.29, 1.82) is 0 Å². The van der Waals surface area contributed by atoms with Crippen molar-refractivity contribution in [2.45, 2.75) is 83.4 Å². The maximum atomic E-state index is 6.82. The van der Waals surface area contributed by atoms with E-state index in [0.29, 0.717) is 16.2 Å². The number of fused-ring (bicyclic) bond motifs is 5. The topological polar surface area (TPSA) is 0 Å². The summed E-state index contributed by atoms with van der Waals surface area (Å²) in [4.78, 5) is 0. The molecule has 0 nitrogen and oxygen atoms in total. The van der Waals surface area contributed by atoms with Crippen LogP contribution in [0.1, 0.15) is 78.1 Å². The Morgan fingerprint density at radius 1 is 0.850 bits per heavy atom. The van der Waals surface area contributed by atoms with E-state index in [-0.39, 0.29) is 0 Å². The minimum absolute atomic E-state index is 0.483. The Kier molecular flexibility index (Phi) is 3.23. The number of alkyl halides is 1.